The van der Waals surface area contributed by atoms with E-state index in [0.717, 1.165) is 30.8 Å². The largest absolute Gasteiger partial charge is 0.341 e. The van der Waals surface area contributed by atoms with E-state index in [4.69, 9.17) is 0 Å². The van der Waals surface area contributed by atoms with Gasteiger partial charge < -0.3 is 10.3 Å². The van der Waals surface area contributed by atoms with Gasteiger partial charge in [-0.15, -0.1) is 0 Å². The number of benzene rings is 1. The van der Waals surface area contributed by atoms with Crippen molar-refractivity contribution in [3.05, 3.63) is 46.3 Å². The fourth-order valence-electron chi connectivity index (χ4n) is 1.76. The predicted molar refractivity (Wildman–Crippen MR) is 72.7 cm³/mol. The molecule has 0 aliphatic heterocycles. The molecule has 0 radical (unpaired) electrons. The highest BCUT2D eigenvalue weighted by Crippen LogP contribution is 2.21. The van der Waals surface area contributed by atoms with Crippen LogP contribution >= 0.6 is 0 Å². The van der Waals surface area contributed by atoms with Gasteiger partial charge in [0.15, 0.2) is 0 Å². The third-order valence-corrected chi connectivity index (χ3v) is 2.70. The maximum absolute atomic E-state index is 10.7. The fraction of sp³-hybridized carbons (Fsp3) is 0.308. The Morgan fingerprint density at radius 3 is 3.05 bits per heavy atom. The van der Waals surface area contributed by atoms with Gasteiger partial charge in [0.05, 0.1) is 4.92 Å². The summed E-state index contributed by atoms with van der Waals surface area (Å²) in [6.45, 7) is 3.77. The summed E-state index contributed by atoms with van der Waals surface area (Å²) >= 11 is 0. The molecule has 100 valence electrons. The molecule has 0 unspecified atom stereocenters. The van der Waals surface area contributed by atoms with Gasteiger partial charge >= 0.3 is 0 Å². The van der Waals surface area contributed by atoms with E-state index >= 15 is 0 Å². The van der Waals surface area contributed by atoms with Crippen LogP contribution in [0.1, 0.15) is 19.0 Å². The lowest BCUT2D eigenvalue weighted by molar-refractivity contribution is -0.384. The van der Waals surface area contributed by atoms with E-state index < -0.39 is 4.92 Å². The topological polar surface area (TPSA) is 83.8 Å². The van der Waals surface area contributed by atoms with Crippen molar-refractivity contribution in [1.29, 1.82) is 0 Å². The molecule has 0 aliphatic carbocycles. The molecule has 0 aliphatic rings. The number of rotatable bonds is 6. The number of nitro groups is 1. The Hall–Kier alpha value is -2.21. The van der Waals surface area contributed by atoms with Gasteiger partial charge in [-0.05, 0) is 13.0 Å². The van der Waals surface area contributed by atoms with Crippen LogP contribution in [0.25, 0.3) is 11.4 Å². The highest BCUT2D eigenvalue weighted by Gasteiger charge is 2.09. The van der Waals surface area contributed by atoms with Crippen molar-refractivity contribution in [3.63, 3.8) is 0 Å². The summed E-state index contributed by atoms with van der Waals surface area (Å²) in [5.74, 6) is 0.650. The van der Waals surface area contributed by atoms with Crippen LogP contribution in [0.15, 0.2) is 30.5 Å². The predicted octanol–water partition coefficient (Wildman–Crippen LogP) is 2.48. The third kappa shape index (κ3) is 3.38. The molecule has 0 atom stereocenters. The summed E-state index contributed by atoms with van der Waals surface area (Å²) in [5, 5.41) is 14.0. The van der Waals surface area contributed by atoms with Crippen LogP contribution in [0.2, 0.25) is 0 Å². The van der Waals surface area contributed by atoms with Crippen molar-refractivity contribution < 1.29 is 4.92 Å². The number of H-pyrrole nitrogens is 1. The van der Waals surface area contributed by atoms with Crippen LogP contribution in [-0.2, 0) is 6.54 Å². The number of nitro benzene ring substituents is 1. The van der Waals surface area contributed by atoms with Crippen LogP contribution in [0.4, 0.5) is 5.69 Å². The van der Waals surface area contributed by atoms with Gasteiger partial charge in [-0.25, -0.2) is 4.98 Å². The average Bonchev–Trinajstić information content (AvgIpc) is 2.88. The van der Waals surface area contributed by atoms with Gasteiger partial charge in [0.2, 0.25) is 0 Å². The molecule has 2 aromatic rings. The molecule has 2 N–H and O–H groups in total. The SMILES string of the molecule is CCCNCc1cnc(-c2cccc([N+](=O)[O-])c2)[nH]1. The third-order valence-electron chi connectivity index (χ3n) is 2.70. The first-order chi connectivity index (χ1) is 9.20. The average molecular weight is 260 g/mol. The van der Waals surface area contributed by atoms with Gasteiger partial charge in [-0.3, -0.25) is 10.1 Å². The van der Waals surface area contributed by atoms with Crippen molar-refractivity contribution in [2.24, 2.45) is 0 Å². The lowest BCUT2D eigenvalue weighted by atomic mass is 10.2. The lowest BCUT2D eigenvalue weighted by Gasteiger charge is -2.00. The second-order valence-corrected chi connectivity index (χ2v) is 4.24. The van der Waals surface area contributed by atoms with Crippen LogP contribution in [0.3, 0.4) is 0 Å². The van der Waals surface area contributed by atoms with Crippen molar-refractivity contribution in [3.8, 4) is 11.4 Å². The molecule has 2 rings (SSSR count). The second kappa shape index (κ2) is 6.10. The van der Waals surface area contributed by atoms with Gasteiger partial charge in [0.25, 0.3) is 5.69 Å². The van der Waals surface area contributed by atoms with Crippen molar-refractivity contribution in [2.45, 2.75) is 19.9 Å². The molecule has 0 fully saturated rings. The van der Waals surface area contributed by atoms with E-state index in [1.165, 1.54) is 12.1 Å². The molecule has 1 aromatic heterocycles. The minimum atomic E-state index is -0.407. The summed E-state index contributed by atoms with van der Waals surface area (Å²) in [4.78, 5) is 17.7. The number of nitrogens with one attached hydrogen (secondary N) is 2. The van der Waals surface area contributed by atoms with Crippen molar-refractivity contribution in [2.75, 3.05) is 6.54 Å². The van der Waals surface area contributed by atoms with Crippen molar-refractivity contribution >= 4 is 5.69 Å². The van der Waals surface area contributed by atoms with E-state index in [0.29, 0.717) is 5.82 Å². The van der Waals surface area contributed by atoms with E-state index in [-0.39, 0.29) is 5.69 Å². The number of non-ortho nitro benzene ring substituents is 1. The molecule has 0 saturated carbocycles. The first-order valence-electron chi connectivity index (χ1n) is 6.20. The number of hydrogen-bond acceptors (Lipinski definition) is 4. The number of hydrogen-bond donors (Lipinski definition) is 2. The number of aromatic amines is 1. The smallest absolute Gasteiger partial charge is 0.270 e. The standard InChI is InChI=1S/C13H16N4O2/c1-2-6-14-8-11-9-15-13(16-11)10-4-3-5-12(7-10)17(18)19/h3-5,7,9,14H,2,6,8H2,1H3,(H,15,16). The van der Waals surface area contributed by atoms with Crippen LogP contribution in [0.5, 0.6) is 0 Å². The maximum atomic E-state index is 10.7. The normalized spacial score (nSPS) is 10.6. The zero-order valence-electron chi connectivity index (χ0n) is 10.7. The molecular weight excluding hydrogens is 244 g/mol. The quantitative estimate of drug-likeness (QED) is 0.475. The Morgan fingerprint density at radius 1 is 1.47 bits per heavy atom. The zero-order chi connectivity index (χ0) is 13.7. The molecular formula is C13H16N4O2. The minimum Gasteiger partial charge on any atom is -0.341 e. The van der Waals surface area contributed by atoms with Crippen LogP contribution < -0.4 is 5.32 Å². The maximum Gasteiger partial charge on any atom is 0.270 e. The first-order valence-corrected chi connectivity index (χ1v) is 6.20. The second-order valence-electron chi connectivity index (χ2n) is 4.24. The van der Waals surface area contributed by atoms with E-state index in [2.05, 4.69) is 22.2 Å². The Bertz CT molecular complexity index is 565. The number of nitrogens with zero attached hydrogens (tertiary/aromatic N) is 2. The van der Waals surface area contributed by atoms with Crippen molar-refractivity contribution in [1.82, 2.24) is 15.3 Å². The first kappa shape index (κ1) is 13.2. The minimum absolute atomic E-state index is 0.0690. The molecule has 6 heteroatoms. The monoisotopic (exact) mass is 260 g/mol. The summed E-state index contributed by atoms with van der Waals surface area (Å²) < 4.78 is 0. The molecule has 0 spiro atoms. The van der Waals surface area contributed by atoms with Gasteiger partial charge in [0, 0.05) is 36.1 Å². The summed E-state index contributed by atoms with van der Waals surface area (Å²) in [7, 11) is 0. The molecule has 19 heavy (non-hydrogen) atoms. The summed E-state index contributed by atoms with van der Waals surface area (Å²) in [5.41, 5.74) is 1.76. The molecule has 1 heterocycles. The Kier molecular flexibility index (Phi) is 4.25. The fourth-order valence-corrected chi connectivity index (χ4v) is 1.76. The number of imidazole rings is 1. The molecule has 0 amide bonds. The Balaban J connectivity index is 2.13. The molecule has 1 aromatic carbocycles. The Labute approximate surface area is 111 Å². The van der Waals surface area contributed by atoms with Crippen LogP contribution in [0, 0.1) is 10.1 Å². The summed E-state index contributed by atoms with van der Waals surface area (Å²) in [6.07, 6.45) is 2.82. The summed E-state index contributed by atoms with van der Waals surface area (Å²) in [6, 6.07) is 6.44. The van der Waals surface area contributed by atoms with E-state index in [1.807, 2.05) is 0 Å². The molecule has 0 bridgehead atoms. The highest BCUT2D eigenvalue weighted by atomic mass is 16.6. The van der Waals surface area contributed by atoms with Crippen LogP contribution in [-0.4, -0.2) is 21.4 Å². The lowest BCUT2D eigenvalue weighted by Crippen LogP contribution is -2.13. The van der Waals surface area contributed by atoms with Gasteiger partial charge in [-0.2, -0.15) is 0 Å². The highest BCUT2D eigenvalue weighted by molar-refractivity contribution is 5.59. The molecule has 6 nitrogen and oxygen atoms in total. The Morgan fingerprint density at radius 2 is 2.32 bits per heavy atom. The number of aromatic nitrogens is 2. The van der Waals surface area contributed by atoms with E-state index in [9.17, 15) is 10.1 Å². The van der Waals surface area contributed by atoms with E-state index in [1.54, 1.807) is 18.3 Å². The molecule has 0 saturated heterocycles. The van der Waals surface area contributed by atoms with Gasteiger partial charge in [-0.1, -0.05) is 19.1 Å². The zero-order valence-corrected chi connectivity index (χ0v) is 10.7. The van der Waals surface area contributed by atoms with Gasteiger partial charge in [0.1, 0.15) is 5.82 Å².